The Bertz CT molecular complexity index is 490. The Morgan fingerprint density at radius 1 is 1.15 bits per heavy atom. The van der Waals surface area contributed by atoms with Crippen LogP contribution in [0.4, 0.5) is 0 Å². The van der Waals surface area contributed by atoms with Gasteiger partial charge in [0.15, 0.2) is 0 Å². The predicted octanol–water partition coefficient (Wildman–Crippen LogP) is 2.46. The lowest BCUT2D eigenvalue weighted by Crippen LogP contribution is -2.39. The Labute approximate surface area is 119 Å². The number of methoxy groups -OCH3 is 1. The van der Waals surface area contributed by atoms with Crippen LogP contribution in [0.25, 0.3) is 0 Å². The number of benzene rings is 1. The standard InChI is InChI=1S/C16H21NO3/c1-11-5-3-4-6-14(11)15(18)17-13-9-7-12(8-10-13)16(19)20-2/h3-6,12-13H,7-10H2,1-2H3,(H,17,18)/t12-,13+. The maximum absolute atomic E-state index is 12.2. The summed E-state index contributed by atoms with van der Waals surface area (Å²) in [4.78, 5) is 23.7. The molecule has 0 heterocycles. The Morgan fingerprint density at radius 2 is 1.80 bits per heavy atom. The molecule has 0 aliphatic heterocycles. The van der Waals surface area contributed by atoms with Gasteiger partial charge in [0.25, 0.3) is 5.91 Å². The first kappa shape index (κ1) is 14.6. The van der Waals surface area contributed by atoms with Gasteiger partial charge in [-0.1, -0.05) is 18.2 Å². The van der Waals surface area contributed by atoms with Crippen molar-refractivity contribution in [1.82, 2.24) is 5.32 Å². The number of amides is 1. The third kappa shape index (κ3) is 3.38. The topological polar surface area (TPSA) is 55.4 Å². The summed E-state index contributed by atoms with van der Waals surface area (Å²) in [7, 11) is 1.42. The van der Waals surface area contributed by atoms with Gasteiger partial charge in [-0.3, -0.25) is 9.59 Å². The molecule has 0 aromatic heterocycles. The molecule has 0 spiro atoms. The number of hydrogen-bond acceptors (Lipinski definition) is 3. The molecule has 1 aromatic carbocycles. The van der Waals surface area contributed by atoms with Crippen LogP contribution in [0.1, 0.15) is 41.6 Å². The molecule has 1 aromatic rings. The van der Waals surface area contributed by atoms with E-state index in [-0.39, 0.29) is 23.8 Å². The fraction of sp³-hybridized carbons (Fsp3) is 0.500. The van der Waals surface area contributed by atoms with Gasteiger partial charge in [-0.05, 0) is 44.2 Å². The van der Waals surface area contributed by atoms with Crippen molar-refractivity contribution in [2.75, 3.05) is 7.11 Å². The normalized spacial score (nSPS) is 22.1. The lowest BCUT2D eigenvalue weighted by Gasteiger charge is -2.27. The summed E-state index contributed by atoms with van der Waals surface area (Å²) in [5.41, 5.74) is 1.70. The average molecular weight is 275 g/mol. The summed E-state index contributed by atoms with van der Waals surface area (Å²) in [6, 6.07) is 7.72. The third-order valence-corrected chi connectivity index (χ3v) is 3.99. The van der Waals surface area contributed by atoms with Gasteiger partial charge in [-0.25, -0.2) is 0 Å². The number of ether oxygens (including phenoxy) is 1. The number of nitrogens with one attached hydrogen (secondary N) is 1. The van der Waals surface area contributed by atoms with Crippen LogP contribution in [0.15, 0.2) is 24.3 Å². The molecule has 4 nitrogen and oxygen atoms in total. The van der Waals surface area contributed by atoms with E-state index in [0.29, 0.717) is 0 Å². The van der Waals surface area contributed by atoms with Gasteiger partial charge in [-0.2, -0.15) is 0 Å². The minimum atomic E-state index is -0.131. The van der Waals surface area contributed by atoms with E-state index in [1.807, 2.05) is 31.2 Å². The van der Waals surface area contributed by atoms with Crippen LogP contribution in [0, 0.1) is 12.8 Å². The molecular formula is C16H21NO3. The highest BCUT2D eigenvalue weighted by Crippen LogP contribution is 2.25. The summed E-state index contributed by atoms with van der Waals surface area (Å²) < 4.78 is 4.76. The van der Waals surface area contributed by atoms with Gasteiger partial charge >= 0.3 is 5.97 Å². The molecule has 1 amide bonds. The van der Waals surface area contributed by atoms with Crippen molar-refractivity contribution < 1.29 is 14.3 Å². The van der Waals surface area contributed by atoms with Crippen molar-refractivity contribution in [3.63, 3.8) is 0 Å². The van der Waals surface area contributed by atoms with E-state index in [2.05, 4.69) is 5.32 Å². The third-order valence-electron chi connectivity index (χ3n) is 3.99. The second kappa shape index (κ2) is 6.55. The molecule has 1 fully saturated rings. The molecule has 1 N–H and O–H groups in total. The van der Waals surface area contributed by atoms with E-state index < -0.39 is 0 Å². The van der Waals surface area contributed by atoms with Crippen LogP contribution < -0.4 is 5.32 Å². The lowest BCUT2D eigenvalue weighted by atomic mass is 9.86. The molecule has 1 aliphatic rings. The number of carbonyl (C=O) groups is 2. The van der Waals surface area contributed by atoms with E-state index in [4.69, 9.17) is 4.74 Å². The second-order valence-corrected chi connectivity index (χ2v) is 5.36. The molecule has 0 radical (unpaired) electrons. The van der Waals surface area contributed by atoms with Crippen LogP contribution in [-0.4, -0.2) is 25.0 Å². The zero-order valence-electron chi connectivity index (χ0n) is 12.0. The Hall–Kier alpha value is -1.84. The van der Waals surface area contributed by atoms with Crippen molar-refractivity contribution in [2.45, 2.75) is 38.6 Å². The van der Waals surface area contributed by atoms with Crippen LogP contribution in [-0.2, 0) is 9.53 Å². The molecule has 108 valence electrons. The molecule has 0 bridgehead atoms. The zero-order valence-corrected chi connectivity index (χ0v) is 12.0. The smallest absolute Gasteiger partial charge is 0.308 e. The SMILES string of the molecule is COC(=O)[C@H]1CC[C@@H](NC(=O)c2ccccc2C)CC1. The van der Waals surface area contributed by atoms with Crippen molar-refractivity contribution >= 4 is 11.9 Å². The van der Waals surface area contributed by atoms with Crippen LogP contribution >= 0.6 is 0 Å². The number of rotatable bonds is 3. The first-order valence-corrected chi connectivity index (χ1v) is 7.06. The van der Waals surface area contributed by atoms with E-state index in [1.165, 1.54) is 7.11 Å². The summed E-state index contributed by atoms with van der Waals surface area (Å²) >= 11 is 0. The molecule has 20 heavy (non-hydrogen) atoms. The van der Waals surface area contributed by atoms with Crippen molar-refractivity contribution in [3.05, 3.63) is 35.4 Å². The largest absolute Gasteiger partial charge is 0.469 e. The maximum atomic E-state index is 12.2. The highest BCUT2D eigenvalue weighted by molar-refractivity contribution is 5.95. The summed E-state index contributed by atoms with van der Waals surface area (Å²) in [5, 5.41) is 3.06. The predicted molar refractivity (Wildman–Crippen MR) is 76.4 cm³/mol. The van der Waals surface area contributed by atoms with Gasteiger partial charge in [0.1, 0.15) is 0 Å². The average Bonchev–Trinajstić information content (AvgIpc) is 2.47. The number of aryl methyl sites for hydroxylation is 1. The summed E-state index contributed by atoms with van der Waals surface area (Å²) in [6.45, 7) is 1.93. The van der Waals surface area contributed by atoms with Gasteiger partial charge in [-0.15, -0.1) is 0 Å². The monoisotopic (exact) mass is 275 g/mol. The number of esters is 1. The molecule has 2 rings (SSSR count). The molecule has 0 atom stereocenters. The van der Waals surface area contributed by atoms with E-state index >= 15 is 0 Å². The number of carbonyl (C=O) groups excluding carboxylic acids is 2. The Kier molecular flexibility index (Phi) is 4.77. The van der Waals surface area contributed by atoms with E-state index in [1.54, 1.807) is 0 Å². The van der Waals surface area contributed by atoms with E-state index in [9.17, 15) is 9.59 Å². The number of hydrogen-bond donors (Lipinski definition) is 1. The van der Waals surface area contributed by atoms with Crippen LogP contribution in [0.3, 0.4) is 0 Å². The Morgan fingerprint density at radius 3 is 2.40 bits per heavy atom. The summed E-state index contributed by atoms with van der Waals surface area (Å²) in [6.07, 6.45) is 3.23. The first-order chi connectivity index (χ1) is 9.61. The quantitative estimate of drug-likeness (QED) is 0.862. The van der Waals surface area contributed by atoms with Gasteiger partial charge in [0.2, 0.25) is 0 Å². The van der Waals surface area contributed by atoms with Crippen molar-refractivity contribution in [2.24, 2.45) is 5.92 Å². The van der Waals surface area contributed by atoms with Crippen LogP contribution in [0.2, 0.25) is 0 Å². The summed E-state index contributed by atoms with van der Waals surface area (Å²) in [5.74, 6) is -0.162. The van der Waals surface area contributed by atoms with Gasteiger partial charge in [0.05, 0.1) is 13.0 Å². The molecule has 1 saturated carbocycles. The maximum Gasteiger partial charge on any atom is 0.308 e. The first-order valence-electron chi connectivity index (χ1n) is 7.06. The molecule has 0 saturated heterocycles. The van der Waals surface area contributed by atoms with E-state index in [0.717, 1.165) is 36.8 Å². The molecule has 0 unspecified atom stereocenters. The molecule has 4 heteroatoms. The minimum Gasteiger partial charge on any atom is -0.469 e. The zero-order chi connectivity index (χ0) is 14.5. The van der Waals surface area contributed by atoms with Gasteiger partial charge < -0.3 is 10.1 Å². The van der Waals surface area contributed by atoms with Crippen molar-refractivity contribution in [3.8, 4) is 0 Å². The molecule has 1 aliphatic carbocycles. The highest BCUT2D eigenvalue weighted by atomic mass is 16.5. The molecular weight excluding hydrogens is 254 g/mol. The minimum absolute atomic E-state index is 0.00777. The van der Waals surface area contributed by atoms with Crippen molar-refractivity contribution in [1.29, 1.82) is 0 Å². The highest BCUT2D eigenvalue weighted by Gasteiger charge is 2.27. The fourth-order valence-corrected chi connectivity index (χ4v) is 2.73. The Balaban J connectivity index is 1.88. The lowest BCUT2D eigenvalue weighted by molar-refractivity contribution is -0.146. The second-order valence-electron chi connectivity index (χ2n) is 5.36. The fourth-order valence-electron chi connectivity index (χ4n) is 2.73. The van der Waals surface area contributed by atoms with Crippen LogP contribution in [0.5, 0.6) is 0 Å². The van der Waals surface area contributed by atoms with Gasteiger partial charge in [0, 0.05) is 11.6 Å².